The van der Waals surface area contributed by atoms with E-state index in [9.17, 15) is 13.2 Å². The Morgan fingerprint density at radius 2 is 2.00 bits per heavy atom. The van der Waals surface area contributed by atoms with Gasteiger partial charge in [-0.25, -0.2) is 8.42 Å². The molecule has 4 nitrogen and oxygen atoms in total. The van der Waals surface area contributed by atoms with Gasteiger partial charge in [0.15, 0.2) is 0 Å². The number of nitrogens with zero attached hydrogens (tertiary/aromatic N) is 1. The lowest BCUT2D eigenvalue weighted by molar-refractivity contribution is -0.114. The van der Waals surface area contributed by atoms with Crippen LogP contribution in [0.2, 0.25) is 0 Å². The molecular formula is C12H14ClNO3S. The van der Waals surface area contributed by atoms with E-state index in [1.165, 1.54) is 4.31 Å². The van der Waals surface area contributed by atoms with E-state index in [0.29, 0.717) is 24.9 Å². The van der Waals surface area contributed by atoms with Crippen LogP contribution in [0.3, 0.4) is 0 Å². The van der Waals surface area contributed by atoms with E-state index in [2.05, 4.69) is 0 Å². The molecule has 1 saturated heterocycles. The molecule has 1 aromatic rings. The number of carbonyl (C=O) groups is 1. The van der Waals surface area contributed by atoms with E-state index in [4.69, 9.17) is 11.6 Å². The number of sulfonamides is 1. The largest absolute Gasteiger partial charge is 0.279 e. The van der Waals surface area contributed by atoms with Crippen molar-refractivity contribution in [3.63, 3.8) is 0 Å². The Morgan fingerprint density at radius 1 is 1.33 bits per heavy atom. The first-order valence-electron chi connectivity index (χ1n) is 5.73. The van der Waals surface area contributed by atoms with E-state index < -0.39 is 21.3 Å². The molecule has 1 atom stereocenters. The smallest absolute Gasteiger partial charge is 0.239 e. The SMILES string of the molecule is O=C(Cl)[C@@H]1CCCN1S(=O)(=O)Cc1ccccc1. The van der Waals surface area contributed by atoms with Crippen molar-refractivity contribution in [2.45, 2.75) is 24.6 Å². The molecule has 1 fully saturated rings. The summed E-state index contributed by atoms with van der Waals surface area (Å²) < 4.78 is 25.7. The molecule has 0 N–H and O–H groups in total. The minimum Gasteiger partial charge on any atom is -0.279 e. The first kappa shape index (κ1) is 13.5. The van der Waals surface area contributed by atoms with E-state index in [0.717, 1.165) is 0 Å². The highest BCUT2D eigenvalue weighted by molar-refractivity contribution is 7.88. The summed E-state index contributed by atoms with van der Waals surface area (Å²) in [5, 5.41) is -0.593. The van der Waals surface area contributed by atoms with Gasteiger partial charge in [0.1, 0.15) is 0 Å². The molecule has 0 unspecified atom stereocenters. The van der Waals surface area contributed by atoms with Gasteiger partial charge in [-0.2, -0.15) is 4.31 Å². The van der Waals surface area contributed by atoms with Gasteiger partial charge >= 0.3 is 0 Å². The molecule has 0 aromatic heterocycles. The van der Waals surface area contributed by atoms with Gasteiger partial charge in [0.25, 0.3) is 0 Å². The Hall–Kier alpha value is -0.910. The molecule has 0 bridgehead atoms. The molecule has 2 rings (SSSR count). The van der Waals surface area contributed by atoms with Crippen LogP contribution in [0.1, 0.15) is 18.4 Å². The van der Waals surface area contributed by atoms with Crippen molar-refractivity contribution >= 4 is 26.9 Å². The van der Waals surface area contributed by atoms with E-state index in [-0.39, 0.29) is 5.75 Å². The standard InChI is InChI=1S/C12H14ClNO3S/c13-12(15)11-7-4-8-14(11)18(16,17)9-10-5-2-1-3-6-10/h1-3,5-6,11H,4,7-9H2/t11-/m0/s1. The van der Waals surface area contributed by atoms with Gasteiger partial charge in [-0.1, -0.05) is 30.3 Å². The van der Waals surface area contributed by atoms with Gasteiger partial charge < -0.3 is 0 Å². The summed E-state index contributed by atoms with van der Waals surface area (Å²) >= 11 is 5.44. The van der Waals surface area contributed by atoms with E-state index in [1.54, 1.807) is 24.3 Å². The average molecular weight is 288 g/mol. The highest BCUT2D eigenvalue weighted by atomic mass is 35.5. The average Bonchev–Trinajstić information content (AvgIpc) is 2.79. The molecule has 0 amide bonds. The van der Waals surface area contributed by atoms with Gasteiger partial charge in [0.05, 0.1) is 11.8 Å². The topological polar surface area (TPSA) is 54.5 Å². The Morgan fingerprint density at radius 3 is 2.61 bits per heavy atom. The second-order valence-electron chi connectivity index (χ2n) is 4.31. The van der Waals surface area contributed by atoms with Crippen LogP contribution < -0.4 is 0 Å². The van der Waals surface area contributed by atoms with Gasteiger partial charge in [0, 0.05) is 6.54 Å². The molecule has 0 radical (unpaired) electrons. The summed E-state index contributed by atoms with van der Waals surface area (Å²) in [5.41, 5.74) is 0.713. The molecule has 18 heavy (non-hydrogen) atoms. The van der Waals surface area contributed by atoms with Gasteiger partial charge in [-0.3, -0.25) is 4.79 Å². The fraction of sp³-hybridized carbons (Fsp3) is 0.417. The number of hydrogen-bond donors (Lipinski definition) is 0. The Bertz CT molecular complexity index is 530. The first-order chi connectivity index (χ1) is 8.50. The number of rotatable bonds is 4. The Labute approximate surface area is 112 Å². The van der Waals surface area contributed by atoms with Crippen LogP contribution in [-0.2, 0) is 20.6 Å². The fourth-order valence-electron chi connectivity index (χ4n) is 2.17. The summed E-state index contributed by atoms with van der Waals surface area (Å²) in [7, 11) is -3.48. The van der Waals surface area contributed by atoms with E-state index in [1.807, 2.05) is 6.07 Å². The second kappa shape index (κ2) is 5.38. The minimum atomic E-state index is -3.48. The third-order valence-electron chi connectivity index (χ3n) is 3.01. The molecule has 0 aliphatic carbocycles. The molecule has 6 heteroatoms. The van der Waals surface area contributed by atoms with Gasteiger partial charge in [-0.05, 0) is 30.0 Å². The molecule has 1 aliphatic heterocycles. The summed E-state index contributed by atoms with van der Waals surface area (Å²) in [6.07, 6.45) is 1.19. The van der Waals surface area contributed by atoms with Crippen molar-refractivity contribution in [1.29, 1.82) is 0 Å². The van der Waals surface area contributed by atoms with Gasteiger partial charge in [0.2, 0.25) is 15.3 Å². The Kier molecular flexibility index (Phi) is 4.04. The molecule has 0 saturated carbocycles. The summed E-state index contributed by atoms with van der Waals surface area (Å²) in [6, 6.07) is 8.23. The number of benzene rings is 1. The van der Waals surface area contributed by atoms with Crippen molar-refractivity contribution in [1.82, 2.24) is 4.31 Å². The molecule has 1 heterocycles. The van der Waals surface area contributed by atoms with Crippen LogP contribution in [0.25, 0.3) is 0 Å². The van der Waals surface area contributed by atoms with Crippen LogP contribution >= 0.6 is 11.6 Å². The second-order valence-corrected chi connectivity index (χ2v) is 6.61. The summed E-state index contributed by atoms with van der Waals surface area (Å²) in [4.78, 5) is 11.2. The third kappa shape index (κ3) is 2.91. The lowest BCUT2D eigenvalue weighted by atomic mass is 10.2. The highest BCUT2D eigenvalue weighted by Crippen LogP contribution is 2.24. The quantitative estimate of drug-likeness (QED) is 0.793. The number of carbonyl (C=O) groups excluding carboxylic acids is 1. The van der Waals surface area contributed by atoms with Crippen LogP contribution in [0, 0.1) is 0 Å². The maximum Gasteiger partial charge on any atom is 0.239 e. The Balaban J connectivity index is 2.19. The molecular weight excluding hydrogens is 274 g/mol. The first-order valence-corrected chi connectivity index (χ1v) is 7.72. The van der Waals surface area contributed by atoms with Crippen molar-refractivity contribution in [2.24, 2.45) is 0 Å². The third-order valence-corrected chi connectivity index (χ3v) is 5.12. The number of halogens is 1. The molecule has 1 aromatic carbocycles. The monoisotopic (exact) mass is 287 g/mol. The molecule has 1 aliphatic rings. The highest BCUT2D eigenvalue weighted by Gasteiger charge is 2.37. The molecule has 98 valence electrons. The predicted octanol–water partition coefficient (Wildman–Crippen LogP) is 1.75. The zero-order valence-corrected chi connectivity index (χ0v) is 11.3. The van der Waals surface area contributed by atoms with Crippen LogP contribution in [0.5, 0.6) is 0 Å². The normalized spacial score (nSPS) is 21.1. The lowest BCUT2D eigenvalue weighted by Gasteiger charge is -2.21. The number of hydrogen-bond acceptors (Lipinski definition) is 3. The predicted molar refractivity (Wildman–Crippen MR) is 69.7 cm³/mol. The minimum absolute atomic E-state index is 0.0888. The van der Waals surface area contributed by atoms with Crippen molar-refractivity contribution in [3.05, 3.63) is 35.9 Å². The summed E-state index contributed by atoms with van der Waals surface area (Å²) in [5.74, 6) is -0.0888. The van der Waals surface area contributed by atoms with Crippen LogP contribution in [0.4, 0.5) is 0 Å². The zero-order valence-electron chi connectivity index (χ0n) is 9.75. The van der Waals surface area contributed by atoms with Crippen molar-refractivity contribution in [3.8, 4) is 0 Å². The lowest BCUT2D eigenvalue weighted by Crippen LogP contribution is -2.39. The fourth-order valence-corrected chi connectivity index (χ4v) is 4.23. The maximum atomic E-state index is 12.2. The molecule has 0 spiro atoms. The van der Waals surface area contributed by atoms with Crippen LogP contribution in [0.15, 0.2) is 30.3 Å². The summed E-state index contributed by atoms with van der Waals surface area (Å²) in [6.45, 7) is 0.373. The van der Waals surface area contributed by atoms with Crippen molar-refractivity contribution < 1.29 is 13.2 Å². The maximum absolute atomic E-state index is 12.2. The van der Waals surface area contributed by atoms with Gasteiger partial charge in [-0.15, -0.1) is 0 Å². The van der Waals surface area contributed by atoms with Crippen molar-refractivity contribution in [2.75, 3.05) is 6.54 Å². The zero-order chi connectivity index (χ0) is 13.2. The van der Waals surface area contributed by atoms with Crippen LogP contribution in [-0.4, -0.2) is 30.6 Å². The van der Waals surface area contributed by atoms with E-state index >= 15 is 0 Å².